The van der Waals surface area contributed by atoms with Crippen LogP contribution in [0.5, 0.6) is 5.75 Å². The summed E-state index contributed by atoms with van der Waals surface area (Å²) in [7, 11) is 1.78. The summed E-state index contributed by atoms with van der Waals surface area (Å²) >= 11 is 0. The molecule has 0 fully saturated rings. The zero-order valence-corrected chi connectivity index (χ0v) is 14.3. The second-order valence-electron chi connectivity index (χ2n) is 5.61. The maximum atomic E-state index is 12.6. The third-order valence-electron chi connectivity index (χ3n) is 3.76. The fourth-order valence-electron chi connectivity index (χ4n) is 2.48. The Labute approximate surface area is 146 Å². The minimum absolute atomic E-state index is 0.0708. The molecular formula is C19H20N4O2. The first-order valence-corrected chi connectivity index (χ1v) is 8.09. The summed E-state index contributed by atoms with van der Waals surface area (Å²) in [5.41, 5.74) is 1.60. The summed E-state index contributed by atoms with van der Waals surface area (Å²) in [6.07, 6.45) is 6.75. The highest BCUT2D eigenvalue weighted by molar-refractivity contribution is 5.93. The third-order valence-corrected chi connectivity index (χ3v) is 3.76. The fraction of sp³-hybridized carbons (Fsp3) is 0.211. The molecule has 0 saturated carbocycles. The topological polar surface area (TPSA) is 60.2 Å². The van der Waals surface area contributed by atoms with E-state index in [9.17, 15) is 4.79 Å². The van der Waals surface area contributed by atoms with Crippen LogP contribution in [-0.2, 0) is 6.54 Å². The Bertz CT molecular complexity index is 812. The van der Waals surface area contributed by atoms with Crippen LogP contribution >= 0.6 is 0 Å². The number of carbonyl (C=O) groups is 1. The minimum Gasteiger partial charge on any atom is -0.494 e. The molecule has 0 radical (unpaired) electrons. The first-order valence-electron chi connectivity index (χ1n) is 8.09. The van der Waals surface area contributed by atoms with Crippen LogP contribution in [0.1, 0.15) is 22.8 Å². The number of nitrogens with zero attached hydrogens (tertiary/aromatic N) is 4. The molecule has 2 heterocycles. The number of carbonyl (C=O) groups excluding carboxylic acids is 1. The standard InChI is InChI=1S/C19H20N4O2/c1-3-25-17-7-4-15(5-8-17)13-22(2)19(24)16-6-9-18(21-12-16)23-11-10-20-14-23/h4-12,14H,3,13H2,1-2H3. The van der Waals surface area contributed by atoms with E-state index < -0.39 is 0 Å². The average Bonchev–Trinajstić information content (AvgIpc) is 3.18. The second kappa shape index (κ2) is 7.61. The van der Waals surface area contributed by atoms with E-state index in [0.29, 0.717) is 18.7 Å². The highest BCUT2D eigenvalue weighted by atomic mass is 16.5. The zero-order chi connectivity index (χ0) is 17.6. The molecule has 2 aromatic heterocycles. The van der Waals surface area contributed by atoms with E-state index in [1.165, 1.54) is 0 Å². The number of imidazole rings is 1. The van der Waals surface area contributed by atoms with Crippen molar-refractivity contribution in [3.8, 4) is 11.6 Å². The lowest BCUT2D eigenvalue weighted by Crippen LogP contribution is -2.26. The van der Waals surface area contributed by atoms with Gasteiger partial charge >= 0.3 is 0 Å². The number of amides is 1. The summed E-state index contributed by atoms with van der Waals surface area (Å²) < 4.78 is 7.22. The first-order chi connectivity index (χ1) is 12.2. The van der Waals surface area contributed by atoms with Gasteiger partial charge in [0.25, 0.3) is 5.91 Å². The SMILES string of the molecule is CCOc1ccc(CN(C)C(=O)c2ccc(-n3ccnc3)nc2)cc1. The number of benzene rings is 1. The van der Waals surface area contributed by atoms with Gasteiger partial charge in [0, 0.05) is 32.2 Å². The Kier molecular flexibility index (Phi) is 5.09. The van der Waals surface area contributed by atoms with E-state index in [1.54, 1.807) is 47.4 Å². The molecule has 0 atom stereocenters. The molecule has 25 heavy (non-hydrogen) atoms. The van der Waals surface area contributed by atoms with Gasteiger partial charge in [-0.25, -0.2) is 9.97 Å². The van der Waals surface area contributed by atoms with Gasteiger partial charge in [0.2, 0.25) is 0 Å². The number of ether oxygens (including phenoxy) is 1. The van der Waals surface area contributed by atoms with E-state index in [2.05, 4.69) is 9.97 Å². The van der Waals surface area contributed by atoms with Crippen molar-refractivity contribution in [1.29, 1.82) is 0 Å². The highest BCUT2D eigenvalue weighted by Crippen LogP contribution is 2.14. The monoisotopic (exact) mass is 336 g/mol. The Hall–Kier alpha value is -3.15. The molecule has 128 valence electrons. The van der Waals surface area contributed by atoms with Crippen molar-refractivity contribution in [2.45, 2.75) is 13.5 Å². The van der Waals surface area contributed by atoms with Gasteiger partial charge in [-0.05, 0) is 36.8 Å². The molecule has 6 nitrogen and oxygen atoms in total. The highest BCUT2D eigenvalue weighted by Gasteiger charge is 2.13. The van der Waals surface area contributed by atoms with Crippen LogP contribution in [0.25, 0.3) is 5.82 Å². The predicted molar refractivity (Wildman–Crippen MR) is 94.8 cm³/mol. The number of aromatic nitrogens is 3. The van der Waals surface area contributed by atoms with Gasteiger partial charge in [-0.15, -0.1) is 0 Å². The Balaban J connectivity index is 1.65. The molecular weight excluding hydrogens is 316 g/mol. The van der Waals surface area contributed by atoms with E-state index in [0.717, 1.165) is 17.1 Å². The first kappa shape index (κ1) is 16.7. The average molecular weight is 336 g/mol. The molecule has 6 heteroatoms. The summed E-state index contributed by atoms with van der Waals surface area (Å²) in [6, 6.07) is 11.3. The van der Waals surface area contributed by atoms with E-state index in [1.807, 2.05) is 37.4 Å². The molecule has 0 N–H and O–H groups in total. The molecule has 1 aromatic carbocycles. The number of hydrogen-bond acceptors (Lipinski definition) is 4. The van der Waals surface area contributed by atoms with Crippen LogP contribution in [-0.4, -0.2) is 39.0 Å². The lowest BCUT2D eigenvalue weighted by atomic mass is 10.2. The Morgan fingerprint density at radius 1 is 1.20 bits per heavy atom. The molecule has 0 aliphatic rings. The molecule has 0 aliphatic carbocycles. The van der Waals surface area contributed by atoms with Gasteiger partial charge in [0.1, 0.15) is 17.9 Å². The van der Waals surface area contributed by atoms with Crippen LogP contribution in [0, 0.1) is 0 Å². The van der Waals surface area contributed by atoms with Gasteiger partial charge in [-0.2, -0.15) is 0 Å². The largest absolute Gasteiger partial charge is 0.494 e. The quantitative estimate of drug-likeness (QED) is 0.694. The molecule has 0 aliphatic heterocycles. The predicted octanol–water partition coefficient (Wildman–Crippen LogP) is 2.94. The fourth-order valence-corrected chi connectivity index (χ4v) is 2.48. The third kappa shape index (κ3) is 4.03. The second-order valence-corrected chi connectivity index (χ2v) is 5.61. The summed E-state index contributed by atoms with van der Waals surface area (Å²) in [5, 5.41) is 0. The summed E-state index contributed by atoms with van der Waals surface area (Å²) in [4.78, 5) is 22.5. The molecule has 0 bridgehead atoms. The maximum Gasteiger partial charge on any atom is 0.255 e. The Morgan fingerprint density at radius 3 is 2.60 bits per heavy atom. The molecule has 3 rings (SSSR count). The van der Waals surface area contributed by atoms with Crippen molar-refractivity contribution in [2.24, 2.45) is 0 Å². The lowest BCUT2D eigenvalue weighted by Gasteiger charge is -2.17. The normalized spacial score (nSPS) is 10.5. The lowest BCUT2D eigenvalue weighted by molar-refractivity contribution is 0.0784. The summed E-state index contributed by atoms with van der Waals surface area (Å²) in [6.45, 7) is 3.11. The van der Waals surface area contributed by atoms with Crippen LogP contribution in [0.4, 0.5) is 0 Å². The van der Waals surface area contributed by atoms with Crippen molar-refractivity contribution >= 4 is 5.91 Å². The smallest absolute Gasteiger partial charge is 0.255 e. The van der Waals surface area contributed by atoms with E-state index in [-0.39, 0.29) is 5.91 Å². The molecule has 1 amide bonds. The van der Waals surface area contributed by atoms with Crippen molar-refractivity contribution in [2.75, 3.05) is 13.7 Å². The van der Waals surface area contributed by atoms with Gasteiger partial charge in [-0.3, -0.25) is 9.36 Å². The van der Waals surface area contributed by atoms with E-state index in [4.69, 9.17) is 4.74 Å². The number of rotatable bonds is 6. The number of hydrogen-bond donors (Lipinski definition) is 0. The molecule has 0 unspecified atom stereocenters. The summed E-state index contributed by atoms with van der Waals surface area (Å²) in [5.74, 6) is 1.49. The van der Waals surface area contributed by atoms with Gasteiger partial charge in [0.05, 0.1) is 12.2 Å². The maximum absolute atomic E-state index is 12.6. The van der Waals surface area contributed by atoms with Crippen molar-refractivity contribution in [3.05, 3.63) is 72.4 Å². The van der Waals surface area contributed by atoms with Crippen LogP contribution < -0.4 is 4.74 Å². The van der Waals surface area contributed by atoms with Crippen molar-refractivity contribution in [3.63, 3.8) is 0 Å². The van der Waals surface area contributed by atoms with E-state index >= 15 is 0 Å². The molecule has 0 spiro atoms. The molecule has 0 saturated heterocycles. The molecule has 3 aromatic rings. The van der Waals surface area contributed by atoms with Gasteiger partial charge in [-0.1, -0.05) is 12.1 Å². The van der Waals surface area contributed by atoms with Crippen LogP contribution in [0.2, 0.25) is 0 Å². The van der Waals surface area contributed by atoms with Gasteiger partial charge in [0.15, 0.2) is 0 Å². The zero-order valence-electron chi connectivity index (χ0n) is 14.3. The van der Waals surface area contributed by atoms with Gasteiger partial charge < -0.3 is 9.64 Å². The minimum atomic E-state index is -0.0708. The van der Waals surface area contributed by atoms with Crippen molar-refractivity contribution in [1.82, 2.24) is 19.4 Å². The number of pyridine rings is 1. The van der Waals surface area contributed by atoms with Crippen molar-refractivity contribution < 1.29 is 9.53 Å². The Morgan fingerprint density at radius 2 is 2.00 bits per heavy atom. The van der Waals surface area contributed by atoms with Crippen LogP contribution in [0.15, 0.2) is 61.3 Å². The van der Waals surface area contributed by atoms with Crippen LogP contribution in [0.3, 0.4) is 0 Å².